The lowest BCUT2D eigenvalue weighted by molar-refractivity contribution is -0.133. The summed E-state index contributed by atoms with van der Waals surface area (Å²) >= 11 is 1.27. The van der Waals surface area contributed by atoms with E-state index in [1.165, 1.54) is 11.8 Å². The molecular formula is C15H17N3O2S. The smallest absolute Gasteiger partial charge is 0.313 e. The Balaban J connectivity index is 2.06. The third-order valence-electron chi connectivity index (χ3n) is 3.58. The number of aromatic nitrogens is 3. The summed E-state index contributed by atoms with van der Waals surface area (Å²) in [5.74, 6) is -0.809. The summed E-state index contributed by atoms with van der Waals surface area (Å²) in [5, 5.41) is 9.67. The van der Waals surface area contributed by atoms with E-state index >= 15 is 0 Å². The summed E-state index contributed by atoms with van der Waals surface area (Å²) in [5.41, 5.74) is 2.65. The first kappa shape index (κ1) is 14.1. The van der Waals surface area contributed by atoms with E-state index in [0.717, 1.165) is 41.3 Å². The van der Waals surface area contributed by atoms with Gasteiger partial charge in [-0.1, -0.05) is 23.9 Å². The normalized spacial score (nSPS) is 18.2. The van der Waals surface area contributed by atoms with E-state index in [9.17, 15) is 4.79 Å². The fourth-order valence-corrected chi connectivity index (χ4v) is 3.41. The maximum absolute atomic E-state index is 10.8. The van der Waals surface area contributed by atoms with Gasteiger partial charge in [0.2, 0.25) is 0 Å². The highest BCUT2D eigenvalue weighted by atomic mass is 32.2. The second kappa shape index (κ2) is 5.89. The van der Waals surface area contributed by atoms with Crippen LogP contribution in [0.1, 0.15) is 31.0 Å². The molecular weight excluding hydrogens is 286 g/mol. The van der Waals surface area contributed by atoms with Crippen LogP contribution in [-0.4, -0.2) is 31.4 Å². The Labute approximate surface area is 127 Å². The van der Waals surface area contributed by atoms with E-state index in [2.05, 4.69) is 26.7 Å². The number of imidazole rings is 1. The van der Waals surface area contributed by atoms with Gasteiger partial charge in [0.25, 0.3) is 0 Å². The molecule has 5 nitrogen and oxygen atoms in total. The molecule has 1 N–H and O–H groups in total. The summed E-state index contributed by atoms with van der Waals surface area (Å²) in [7, 11) is 0. The summed E-state index contributed by atoms with van der Waals surface area (Å²) in [4.78, 5) is 20.0. The Morgan fingerprint density at radius 2 is 2.29 bits per heavy atom. The summed E-state index contributed by atoms with van der Waals surface area (Å²) in [6.45, 7) is 1.96. The average Bonchev–Trinajstić information content (AvgIpc) is 2.83. The van der Waals surface area contributed by atoms with Crippen molar-refractivity contribution in [2.24, 2.45) is 0 Å². The van der Waals surface area contributed by atoms with Crippen molar-refractivity contribution in [1.82, 2.24) is 14.5 Å². The second-order valence-corrected chi connectivity index (χ2v) is 6.12. The second-order valence-electron chi connectivity index (χ2n) is 5.18. The molecule has 0 spiro atoms. The largest absolute Gasteiger partial charge is 0.481 e. The Bertz CT molecular complexity index is 708. The molecule has 0 bridgehead atoms. The molecule has 0 saturated heterocycles. The number of aryl methyl sites for hydroxylation is 1. The molecule has 1 unspecified atom stereocenters. The van der Waals surface area contributed by atoms with E-state index in [1.54, 1.807) is 0 Å². The number of thioether (sulfide) groups is 1. The van der Waals surface area contributed by atoms with Gasteiger partial charge in [-0.3, -0.25) is 4.79 Å². The van der Waals surface area contributed by atoms with E-state index in [0.29, 0.717) is 6.04 Å². The first-order valence-corrected chi connectivity index (χ1v) is 7.99. The lowest BCUT2D eigenvalue weighted by atomic mass is 10.0. The number of nitrogens with zero attached hydrogens (tertiary/aromatic N) is 3. The molecule has 21 heavy (non-hydrogen) atoms. The van der Waals surface area contributed by atoms with Crippen molar-refractivity contribution < 1.29 is 9.90 Å². The molecule has 2 aromatic heterocycles. The fraction of sp³-hybridized carbons (Fsp3) is 0.400. The maximum Gasteiger partial charge on any atom is 0.313 e. The number of carbonyl (C=O) groups is 1. The van der Waals surface area contributed by atoms with Gasteiger partial charge in [-0.2, -0.15) is 0 Å². The zero-order chi connectivity index (χ0) is 14.8. The van der Waals surface area contributed by atoms with Crippen LogP contribution in [0.4, 0.5) is 0 Å². The summed E-state index contributed by atoms with van der Waals surface area (Å²) < 4.78 is 2.12. The van der Waals surface area contributed by atoms with Gasteiger partial charge in [0.1, 0.15) is 5.52 Å². The van der Waals surface area contributed by atoms with Crippen LogP contribution < -0.4 is 0 Å². The maximum atomic E-state index is 10.8. The van der Waals surface area contributed by atoms with Crippen LogP contribution in [0.25, 0.3) is 11.2 Å². The van der Waals surface area contributed by atoms with Gasteiger partial charge in [0.15, 0.2) is 10.8 Å². The predicted molar refractivity (Wildman–Crippen MR) is 82.7 cm³/mol. The van der Waals surface area contributed by atoms with E-state index in [1.807, 2.05) is 19.1 Å². The number of aliphatic carboxylic acids is 1. The van der Waals surface area contributed by atoms with Crippen molar-refractivity contribution in [2.75, 3.05) is 5.75 Å². The molecule has 0 saturated carbocycles. The van der Waals surface area contributed by atoms with Crippen molar-refractivity contribution in [2.45, 2.75) is 37.4 Å². The average molecular weight is 303 g/mol. The number of hydrogen-bond acceptors (Lipinski definition) is 4. The molecule has 110 valence electrons. The summed E-state index contributed by atoms with van der Waals surface area (Å²) in [6.07, 6.45) is 7.40. The van der Waals surface area contributed by atoms with Gasteiger partial charge in [0.05, 0.1) is 5.75 Å². The molecule has 0 radical (unpaired) electrons. The number of carboxylic acid groups (broad SMARTS) is 1. The number of pyridine rings is 1. The van der Waals surface area contributed by atoms with Crippen molar-refractivity contribution >= 4 is 28.9 Å². The Morgan fingerprint density at radius 1 is 1.43 bits per heavy atom. The van der Waals surface area contributed by atoms with Gasteiger partial charge in [-0.05, 0) is 38.3 Å². The zero-order valence-corrected chi connectivity index (χ0v) is 12.6. The molecule has 2 heterocycles. The van der Waals surface area contributed by atoms with E-state index in [-0.39, 0.29) is 5.75 Å². The van der Waals surface area contributed by atoms with Crippen LogP contribution >= 0.6 is 11.8 Å². The van der Waals surface area contributed by atoms with Crippen molar-refractivity contribution in [3.05, 3.63) is 30.0 Å². The number of rotatable bonds is 4. The Kier molecular flexibility index (Phi) is 3.96. The highest BCUT2D eigenvalue weighted by Crippen LogP contribution is 2.32. The molecule has 1 aliphatic carbocycles. The van der Waals surface area contributed by atoms with Crippen LogP contribution in [0.3, 0.4) is 0 Å². The first-order chi connectivity index (χ1) is 10.1. The van der Waals surface area contributed by atoms with E-state index < -0.39 is 5.97 Å². The number of allylic oxidation sites excluding steroid dienone is 2. The van der Waals surface area contributed by atoms with Gasteiger partial charge in [-0.25, -0.2) is 9.97 Å². The Hall–Kier alpha value is -1.82. The van der Waals surface area contributed by atoms with Crippen LogP contribution in [0.15, 0.2) is 29.4 Å². The topological polar surface area (TPSA) is 68.0 Å². The van der Waals surface area contributed by atoms with Gasteiger partial charge in [0, 0.05) is 11.7 Å². The molecule has 1 aliphatic rings. The quantitative estimate of drug-likeness (QED) is 0.694. The number of hydrogen-bond donors (Lipinski definition) is 1. The SMILES string of the molecule is Cc1ccc2nc(SCC(=O)O)n(C3CC=CCC3)c2n1. The minimum absolute atomic E-state index is 0.0187. The van der Waals surface area contributed by atoms with Crippen LogP contribution in [-0.2, 0) is 4.79 Å². The third kappa shape index (κ3) is 2.95. The third-order valence-corrected chi connectivity index (χ3v) is 4.51. The standard InChI is InChI=1S/C15H17N3O2S/c1-10-7-8-12-14(16-10)18(11-5-3-2-4-6-11)15(17-12)21-9-13(19)20/h2-3,7-8,11H,4-6,9H2,1H3,(H,19,20). The molecule has 0 aliphatic heterocycles. The van der Waals surface area contributed by atoms with Crippen molar-refractivity contribution in [3.63, 3.8) is 0 Å². The molecule has 3 rings (SSSR count). The molecule has 0 aromatic carbocycles. The lowest BCUT2D eigenvalue weighted by Gasteiger charge is -2.21. The minimum Gasteiger partial charge on any atom is -0.481 e. The van der Waals surface area contributed by atoms with Gasteiger partial charge in [-0.15, -0.1) is 0 Å². The van der Waals surface area contributed by atoms with Crippen LogP contribution in [0.5, 0.6) is 0 Å². The lowest BCUT2D eigenvalue weighted by Crippen LogP contribution is -2.13. The molecule has 0 fully saturated rings. The van der Waals surface area contributed by atoms with Gasteiger partial charge >= 0.3 is 5.97 Å². The highest BCUT2D eigenvalue weighted by molar-refractivity contribution is 7.99. The van der Waals surface area contributed by atoms with Crippen LogP contribution in [0, 0.1) is 6.92 Å². The van der Waals surface area contributed by atoms with Crippen molar-refractivity contribution in [3.8, 4) is 0 Å². The molecule has 2 aromatic rings. The molecule has 6 heteroatoms. The van der Waals surface area contributed by atoms with Gasteiger partial charge < -0.3 is 9.67 Å². The summed E-state index contributed by atoms with van der Waals surface area (Å²) in [6, 6.07) is 4.20. The Morgan fingerprint density at radius 3 is 3.00 bits per heavy atom. The molecule has 0 amide bonds. The fourth-order valence-electron chi connectivity index (χ4n) is 2.62. The number of carboxylic acids is 1. The number of fused-ring (bicyclic) bond motifs is 1. The van der Waals surface area contributed by atoms with E-state index in [4.69, 9.17) is 5.11 Å². The first-order valence-electron chi connectivity index (χ1n) is 7.00. The predicted octanol–water partition coefficient (Wildman–Crippen LogP) is 3.20. The molecule has 1 atom stereocenters. The highest BCUT2D eigenvalue weighted by Gasteiger charge is 2.21. The zero-order valence-electron chi connectivity index (χ0n) is 11.8. The van der Waals surface area contributed by atoms with Crippen molar-refractivity contribution in [1.29, 1.82) is 0 Å². The van der Waals surface area contributed by atoms with Crippen LogP contribution in [0.2, 0.25) is 0 Å². The minimum atomic E-state index is -0.828. The monoisotopic (exact) mass is 303 g/mol.